The van der Waals surface area contributed by atoms with E-state index in [1.807, 2.05) is 6.92 Å². The fourth-order valence-corrected chi connectivity index (χ4v) is 3.43. The number of halogens is 1. The lowest BCUT2D eigenvalue weighted by Crippen LogP contribution is -2.25. The largest absolute Gasteiger partial charge is 0.619 e. The topological polar surface area (TPSA) is 108 Å². The van der Waals surface area contributed by atoms with E-state index in [0.29, 0.717) is 14.9 Å². The molecule has 0 atom stereocenters. The Bertz CT molecular complexity index is 1060. The second kappa shape index (κ2) is 7.89. The molecule has 3 aromatic rings. The maximum Gasteiger partial charge on any atom is 0.263 e. The van der Waals surface area contributed by atoms with E-state index in [2.05, 4.69) is 30.6 Å². The van der Waals surface area contributed by atoms with Gasteiger partial charge in [0.1, 0.15) is 11.2 Å². The van der Waals surface area contributed by atoms with Gasteiger partial charge in [-0.05, 0) is 41.1 Å². The standard InChI is InChI=1S/C17H15BrN4O4S/c1-12-4-6-14(7-5-12)27(24,25)21-16-17(20-15(18)9-19-16)26-11-13-3-2-8-22(23)10-13/h2-10H,11H2,1H3,(H,19,21). The van der Waals surface area contributed by atoms with E-state index in [0.717, 1.165) is 5.56 Å². The van der Waals surface area contributed by atoms with Gasteiger partial charge in [0.25, 0.3) is 15.9 Å². The predicted octanol–water partition coefficient (Wildman–Crippen LogP) is 2.56. The van der Waals surface area contributed by atoms with Crippen molar-refractivity contribution in [3.63, 3.8) is 0 Å². The van der Waals surface area contributed by atoms with Gasteiger partial charge in [0.05, 0.1) is 16.7 Å². The summed E-state index contributed by atoms with van der Waals surface area (Å²) in [5.41, 5.74) is 1.54. The fourth-order valence-electron chi connectivity index (χ4n) is 2.16. The summed E-state index contributed by atoms with van der Waals surface area (Å²) in [5, 5.41) is 11.3. The van der Waals surface area contributed by atoms with Crippen molar-refractivity contribution in [3.05, 3.63) is 75.9 Å². The minimum absolute atomic E-state index is 0.0126. The van der Waals surface area contributed by atoms with Gasteiger partial charge in [0.15, 0.2) is 12.4 Å². The quantitative estimate of drug-likeness (QED) is 0.456. The molecule has 0 radical (unpaired) electrons. The van der Waals surface area contributed by atoms with Crippen molar-refractivity contribution >= 4 is 31.8 Å². The van der Waals surface area contributed by atoms with Crippen molar-refractivity contribution in [1.82, 2.24) is 9.97 Å². The van der Waals surface area contributed by atoms with Crippen molar-refractivity contribution in [2.24, 2.45) is 0 Å². The summed E-state index contributed by atoms with van der Waals surface area (Å²) >= 11 is 3.18. The zero-order valence-corrected chi connectivity index (χ0v) is 16.6. The first-order valence-corrected chi connectivity index (χ1v) is 10.0. The van der Waals surface area contributed by atoms with Crippen LogP contribution in [-0.4, -0.2) is 18.4 Å². The highest BCUT2D eigenvalue weighted by Gasteiger charge is 2.19. The molecular weight excluding hydrogens is 436 g/mol. The molecule has 1 aromatic carbocycles. The van der Waals surface area contributed by atoms with Gasteiger partial charge in [-0.3, -0.25) is 4.72 Å². The first kappa shape index (κ1) is 19.1. The van der Waals surface area contributed by atoms with Gasteiger partial charge in [-0.1, -0.05) is 17.7 Å². The molecule has 140 valence electrons. The highest BCUT2D eigenvalue weighted by molar-refractivity contribution is 9.10. The van der Waals surface area contributed by atoms with Crippen LogP contribution in [0, 0.1) is 12.1 Å². The van der Waals surface area contributed by atoms with E-state index in [1.54, 1.807) is 24.3 Å². The Balaban J connectivity index is 1.84. The van der Waals surface area contributed by atoms with Crippen molar-refractivity contribution in [3.8, 4) is 5.88 Å². The van der Waals surface area contributed by atoms with E-state index in [1.165, 1.54) is 30.7 Å². The lowest BCUT2D eigenvalue weighted by molar-refractivity contribution is -0.606. The Morgan fingerprint density at radius 1 is 1.26 bits per heavy atom. The van der Waals surface area contributed by atoms with Crippen LogP contribution in [0.4, 0.5) is 5.82 Å². The number of hydrogen-bond acceptors (Lipinski definition) is 6. The number of nitrogens with zero attached hydrogens (tertiary/aromatic N) is 3. The Labute approximate surface area is 164 Å². The lowest BCUT2D eigenvalue weighted by atomic mass is 10.2. The normalized spacial score (nSPS) is 11.2. The van der Waals surface area contributed by atoms with Crippen LogP contribution in [0.5, 0.6) is 5.88 Å². The fraction of sp³-hybridized carbons (Fsp3) is 0.118. The number of sulfonamides is 1. The highest BCUT2D eigenvalue weighted by atomic mass is 79.9. The summed E-state index contributed by atoms with van der Waals surface area (Å²) in [6, 6.07) is 9.69. The van der Waals surface area contributed by atoms with E-state index < -0.39 is 10.0 Å². The third-order valence-electron chi connectivity index (χ3n) is 3.49. The summed E-state index contributed by atoms with van der Waals surface area (Å²) in [7, 11) is -3.86. The second-order valence-electron chi connectivity index (χ2n) is 5.63. The molecule has 0 saturated heterocycles. The van der Waals surface area contributed by atoms with Crippen molar-refractivity contribution in [1.29, 1.82) is 0 Å². The molecule has 0 aliphatic carbocycles. The van der Waals surface area contributed by atoms with E-state index in [-0.39, 0.29) is 23.2 Å². The molecule has 0 unspecified atom stereocenters. The number of benzene rings is 1. The molecule has 0 bridgehead atoms. The summed E-state index contributed by atoms with van der Waals surface area (Å²) in [5.74, 6) is -0.0638. The number of pyridine rings is 1. The average Bonchev–Trinajstić information content (AvgIpc) is 2.62. The number of anilines is 1. The monoisotopic (exact) mass is 450 g/mol. The molecule has 3 rings (SSSR count). The van der Waals surface area contributed by atoms with Crippen molar-refractivity contribution < 1.29 is 17.9 Å². The highest BCUT2D eigenvalue weighted by Crippen LogP contribution is 2.25. The number of nitrogens with one attached hydrogen (secondary N) is 1. The third kappa shape index (κ3) is 4.92. The van der Waals surface area contributed by atoms with Gasteiger partial charge in [-0.2, -0.15) is 4.73 Å². The van der Waals surface area contributed by atoms with Gasteiger partial charge < -0.3 is 9.94 Å². The molecule has 10 heteroatoms. The molecule has 2 heterocycles. The molecule has 0 fully saturated rings. The van der Waals surface area contributed by atoms with Crippen LogP contribution in [0.25, 0.3) is 0 Å². The number of hydrogen-bond donors (Lipinski definition) is 1. The Kier molecular flexibility index (Phi) is 5.57. The van der Waals surface area contributed by atoms with Crippen molar-refractivity contribution in [2.45, 2.75) is 18.4 Å². The molecule has 1 N–H and O–H groups in total. The van der Waals surface area contributed by atoms with Crippen LogP contribution in [0.3, 0.4) is 0 Å². The summed E-state index contributed by atoms with van der Waals surface area (Å²) in [6.45, 7) is 1.89. The number of aryl methyl sites for hydroxylation is 1. The first-order valence-electron chi connectivity index (χ1n) is 7.76. The Hall–Kier alpha value is -2.72. The van der Waals surface area contributed by atoms with E-state index >= 15 is 0 Å². The molecule has 2 aromatic heterocycles. The van der Waals surface area contributed by atoms with E-state index in [4.69, 9.17) is 4.74 Å². The number of aromatic nitrogens is 3. The summed E-state index contributed by atoms with van der Waals surface area (Å²) in [4.78, 5) is 8.26. The Morgan fingerprint density at radius 3 is 2.70 bits per heavy atom. The van der Waals surface area contributed by atoms with Crippen LogP contribution < -0.4 is 14.2 Å². The van der Waals surface area contributed by atoms with Gasteiger partial charge in [0, 0.05) is 6.07 Å². The summed E-state index contributed by atoms with van der Waals surface area (Å²) < 4.78 is 34.1. The third-order valence-corrected chi connectivity index (χ3v) is 5.22. The van der Waals surface area contributed by atoms with E-state index in [9.17, 15) is 13.6 Å². The first-order chi connectivity index (χ1) is 12.8. The molecule has 0 aliphatic rings. The van der Waals surface area contributed by atoms with Crippen molar-refractivity contribution in [2.75, 3.05) is 4.72 Å². The van der Waals surface area contributed by atoms with Gasteiger partial charge in [0.2, 0.25) is 5.82 Å². The molecule has 0 amide bonds. The minimum Gasteiger partial charge on any atom is -0.619 e. The zero-order valence-electron chi connectivity index (χ0n) is 14.2. The zero-order chi connectivity index (χ0) is 19.4. The molecule has 0 saturated carbocycles. The molecule has 8 nitrogen and oxygen atoms in total. The maximum absolute atomic E-state index is 12.6. The number of rotatable bonds is 6. The minimum atomic E-state index is -3.86. The van der Waals surface area contributed by atoms with Crippen LogP contribution in [0.15, 0.2) is 64.5 Å². The molecular formula is C17H15BrN4O4S. The second-order valence-corrected chi connectivity index (χ2v) is 8.12. The van der Waals surface area contributed by atoms with Crippen LogP contribution in [0.2, 0.25) is 0 Å². The van der Waals surface area contributed by atoms with Gasteiger partial charge in [-0.25, -0.2) is 18.4 Å². The smallest absolute Gasteiger partial charge is 0.263 e. The van der Waals surface area contributed by atoms with Crippen LogP contribution in [-0.2, 0) is 16.6 Å². The average molecular weight is 451 g/mol. The SMILES string of the molecule is Cc1ccc(S(=O)(=O)Nc2ncc(Br)nc2OCc2ccc[n+]([O-])c2)cc1. The van der Waals surface area contributed by atoms with Crippen LogP contribution >= 0.6 is 15.9 Å². The predicted molar refractivity (Wildman–Crippen MR) is 101 cm³/mol. The summed E-state index contributed by atoms with van der Waals surface area (Å²) in [6.07, 6.45) is 4.05. The molecule has 0 aliphatic heterocycles. The molecule has 0 spiro atoms. The maximum atomic E-state index is 12.6. The van der Waals surface area contributed by atoms with Crippen LogP contribution in [0.1, 0.15) is 11.1 Å². The van der Waals surface area contributed by atoms with Gasteiger partial charge in [-0.15, -0.1) is 0 Å². The van der Waals surface area contributed by atoms with Gasteiger partial charge >= 0.3 is 0 Å². The lowest BCUT2D eigenvalue weighted by Gasteiger charge is -2.12. The Morgan fingerprint density at radius 2 is 2.00 bits per heavy atom. The number of ether oxygens (including phenoxy) is 1. The molecule has 27 heavy (non-hydrogen) atoms.